The van der Waals surface area contributed by atoms with Crippen LogP contribution in [0, 0.1) is 11.8 Å². The van der Waals surface area contributed by atoms with Crippen molar-refractivity contribution in [1.29, 1.82) is 0 Å². The van der Waals surface area contributed by atoms with E-state index in [9.17, 15) is 9.59 Å². The van der Waals surface area contributed by atoms with Crippen LogP contribution in [0.3, 0.4) is 0 Å². The Morgan fingerprint density at radius 2 is 1.84 bits per heavy atom. The van der Waals surface area contributed by atoms with Crippen molar-refractivity contribution < 1.29 is 14.3 Å². The highest BCUT2D eigenvalue weighted by molar-refractivity contribution is 5.78. The van der Waals surface area contributed by atoms with Crippen LogP contribution in [-0.4, -0.2) is 30.4 Å². The molecule has 0 aliphatic heterocycles. The van der Waals surface area contributed by atoms with Crippen molar-refractivity contribution in [3.63, 3.8) is 0 Å². The number of nitrogens with zero attached hydrogens (tertiary/aromatic N) is 1. The Kier molecular flexibility index (Phi) is 7.96. The molecule has 1 aliphatic carbocycles. The molecule has 1 fully saturated rings. The molecule has 1 unspecified atom stereocenters. The molecular weight excluding hydrogens is 314 g/mol. The van der Waals surface area contributed by atoms with Crippen molar-refractivity contribution >= 4 is 11.9 Å². The van der Waals surface area contributed by atoms with Gasteiger partial charge in [-0.3, -0.25) is 9.59 Å². The molecule has 4 nitrogen and oxygen atoms in total. The topological polar surface area (TPSA) is 46.6 Å². The quantitative estimate of drug-likeness (QED) is 0.664. The fraction of sp³-hybridized carbons (Fsp3) is 0.619. The van der Waals surface area contributed by atoms with E-state index in [0.717, 1.165) is 12.0 Å². The highest BCUT2D eigenvalue weighted by Gasteiger charge is 2.23. The molecule has 1 saturated carbocycles. The summed E-state index contributed by atoms with van der Waals surface area (Å²) in [6.07, 6.45) is 7.98. The van der Waals surface area contributed by atoms with Gasteiger partial charge in [-0.1, -0.05) is 69.4 Å². The van der Waals surface area contributed by atoms with Crippen molar-refractivity contribution in [2.24, 2.45) is 11.8 Å². The van der Waals surface area contributed by atoms with Gasteiger partial charge >= 0.3 is 5.97 Å². The zero-order valence-corrected chi connectivity index (χ0v) is 15.6. The van der Waals surface area contributed by atoms with E-state index in [1.807, 2.05) is 42.2 Å². The molecule has 25 heavy (non-hydrogen) atoms. The molecule has 0 N–H and O–H groups in total. The van der Waals surface area contributed by atoms with Crippen LogP contribution in [0.5, 0.6) is 0 Å². The lowest BCUT2D eigenvalue weighted by Crippen LogP contribution is -2.37. The number of carbonyl (C=O) groups is 2. The minimum atomic E-state index is -0.313. The minimum Gasteiger partial charge on any atom is -0.469 e. The molecule has 1 aromatic rings. The maximum Gasteiger partial charge on any atom is 0.310 e. The summed E-state index contributed by atoms with van der Waals surface area (Å²) in [5.74, 6) is 0.255. The summed E-state index contributed by atoms with van der Waals surface area (Å²) in [6, 6.07) is 9.96. The molecule has 4 heteroatoms. The predicted octanol–water partition coefficient (Wildman–Crippen LogP) is 4.18. The van der Waals surface area contributed by atoms with Crippen LogP contribution in [0.2, 0.25) is 0 Å². The molecule has 1 aliphatic rings. The van der Waals surface area contributed by atoms with Crippen LogP contribution in [0.4, 0.5) is 0 Å². The van der Waals surface area contributed by atoms with Crippen molar-refractivity contribution in [3.05, 3.63) is 35.9 Å². The second-order valence-corrected chi connectivity index (χ2v) is 7.23. The van der Waals surface area contributed by atoms with Gasteiger partial charge in [0.05, 0.1) is 13.0 Å². The van der Waals surface area contributed by atoms with Gasteiger partial charge in [0.1, 0.15) is 0 Å². The van der Waals surface area contributed by atoms with Gasteiger partial charge in [0.25, 0.3) is 0 Å². The summed E-state index contributed by atoms with van der Waals surface area (Å²) in [5.41, 5.74) is 1.09. The SMILES string of the molecule is COC(=O)C(C)CN(Cc1ccccc1)C(=O)CCC1CCCCC1. The third-order valence-corrected chi connectivity index (χ3v) is 5.16. The molecule has 0 bridgehead atoms. The molecule has 0 aromatic heterocycles. The molecule has 0 saturated heterocycles. The molecule has 2 rings (SSSR count). The highest BCUT2D eigenvalue weighted by atomic mass is 16.5. The van der Waals surface area contributed by atoms with Crippen molar-refractivity contribution in [1.82, 2.24) is 4.90 Å². The van der Waals surface area contributed by atoms with Gasteiger partial charge in [-0.05, 0) is 17.9 Å². The van der Waals surface area contributed by atoms with E-state index in [0.29, 0.717) is 25.4 Å². The second-order valence-electron chi connectivity index (χ2n) is 7.23. The summed E-state index contributed by atoms with van der Waals surface area (Å²) in [6.45, 7) is 2.77. The van der Waals surface area contributed by atoms with Gasteiger partial charge in [-0.25, -0.2) is 0 Å². The number of carbonyl (C=O) groups excluding carboxylic acids is 2. The van der Waals surface area contributed by atoms with E-state index in [-0.39, 0.29) is 17.8 Å². The molecular formula is C21H31NO3. The summed E-state index contributed by atoms with van der Waals surface area (Å²) in [4.78, 5) is 26.4. The number of benzene rings is 1. The smallest absolute Gasteiger partial charge is 0.310 e. The zero-order chi connectivity index (χ0) is 18.1. The first-order chi connectivity index (χ1) is 12.1. The Balaban J connectivity index is 1.96. The van der Waals surface area contributed by atoms with E-state index in [2.05, 4.69) is 0 Å². The molecule has 1 amide bonds. The molecule has 0 heterocycles. The number of esters is 1. The van der Waals surface area contributed by atoms with Gasteiger partial charge < -0.3 is 9.64 Å². The van der Waals surface area contributed by atoms with Crippen molar-refractivity contribution in [2.45, 2.75) is 58.4 Å². The lowest BCUT2D eigenvalue weighted by molar-refractivity contribution is -0.146. The van der Waals surface area contributed by atoms with Crippen molar-refractivity contribution in [3.8, 4) is 0 Å². The fourth-order valence-corrected chi connectivity index (χ4v) is 3.63. The van der Waals surface area contributed by atoms with E-state index >= 15 is 0 Å². The average Bonchev–Trinajstić information content (AvgIpc) is 2.66. The number of hydrogen-bond acceptors (Lipinski definition) is 3. The maximum absolute atomic E-state index is 12.8. The molecule has 1 atom stereocenters. The Morgan fingerprint density at radius 3 is 2.48 bits per heavy atom. The Hall–Kier alpha value is -1.84. The van der Waals surface area contributed by atoms with E-state index in [1.165, 1.54) is 39.2 Å². The van der Waals surface area contributed by atoms with Crippen molar-refractivity contribution in [2.75, 3.05) is 13.7 Å². The first-order valence-corrected chi connectivity index (χ1v) is 9.49. The predicted molar refractivity (Wildman–Crippen MR) is 98.8 cm³/mol. The fourth-order valence-electron chi connectivity index (χ4n) is 3.63. The van der Waals surface area contributed by atoms with Gasteiger partial charge in [0.2, 0.25) is 5.91 Å². The first kappa shape index (κ1) is 19.5. The van der Waals surface area contributed by atoms with Gasteiger partial charge in [-0.2, -0.15) is 0 Å². The molecule has 138 valence electrons. The highest BCUT2D eigenvalue weighted by Crippen LogP contribution is 2.27. The Bertz CT molecular complexity index is 537. The number of amides is 1. The molecule has 0 radical (unpaired) electrons. The molecule has 0 spiro atoms. The summed E-state index contributed by atoms with van der Waals surface area (Å²) < 4.78 is 4.82. The monoisotopic (exact) mass is 345 g/mol. The summed E-state index contributed by atoms with van der Waals surface area (Å²) in [5, 5.41) is 0. The number of methoxy groups -OCH3 is 1. The summed E-state index contributed by atoms with van der Waals surface area (Å²) in [7, 11) is 1.39. The number of ether oxygens (including phenoxy) is 1. The third kappa shape index (κ3) is 6.52. The van der Waals surface area contributed by atoms with Crippen LogP contribution in [0.15, 0.2) is 30.3 Å². The van der Waals surface area contributed by atoms with Crippen LogP contribution in [0.25, 0.3) is 0 Å². The number of hydrogen-bond donors (Lipinski definition) is 0. The zero-order valence-electron chi connectivity index (χ0n) is 15.6. The van der Waals surface area contributed by atoms with E-state index in [1.54, 1.807) is 0 Å². The average molecular weight is 345 g/mol. The van der Waals surface area contributed by atoms with E-state index in [4.69, 9.17) is 4.74 Å². The lowest BCUT2D eigenvalue weighted by Gasteiger charge is -2.27. The summed E-state index contributed by atoms with van der Waals surface area (Å²) >= 11 is 0. The molecule has 1 aromatic carbocycles. The van der Waals surface area contributed by atoms with Gasteiger partial charge in [-0.15, -0.1) is 0 Å². The Morgan fingerprint density at radius 1 is 1.16 bits per heavy atom. The second kappa shape index (κ2) is 10.2. The van der Waals surface area contributed by atoms with Crippen LogP contribution >= 0.6 is 0 Å². The van der Waals surface area contributed by atoms with Crippen LogP contribution in [0.1, 0.15) is 57.4 Å². The van der Waals surface area contributed by atoms with Crippen LogP contribution in [-0.2, 0) is 20.9 Å². The largest absolute Gasteiger partial charge is 0.469 e. The minimum absolute atomic E-state index is 0.144. The first-order valence-electron chi connectivity index (χ1n) is 9.49. The van der Waals surface area contributed by atoms with Crippen LogP contribution < -0.4 is 0 Å². The van der Waals surface area contributed by atoms with Gasteiger partial charge in [0.15, 0.2) is 0 Å². The standard InChI is InChI=1S/C21H31NO3/c1-17(21(24)25-2)15-22(16-19-11-7-4-8-12-19)20(23)14-13-18-9-5-3-6-10-18/h4,7-8,11-12,17-18H,3,5-6,9-10,13-16H2,1-2H3. The normalized spacial score (nSPS) is 16.2. The third-order valence-electron chi connectivity index (χ3n) is 5.16. The lowest BCUT2D eigenvalue weighted by atomic mass is 9.86. The maximum atomic E-state index is 12.8. The Labute approximate surface area is 151 Å². The van der Waals surface area contributed by atoms with E-state index < -0.39 is 0 Å². The van der Waals surface area contributed by atoms with Gasteiger partial charge in [0, 0.05) is 19.5 Å². The number of rotatable bonds is 8.